The largest absolute Gasteiger partial charge is 0.427 e. The predicted octanol–water partition coefficient (Wildman–Crippen LogP) is 2.74. The van der Waals surface area contributed by atoms with E-state index in [4.69, 9.17) is 0 Å². The van der Waals surface area contributed by atoms with Crippen molar-refractivity contribution in [3.8, 4) is 0 Å². The molecule has 0 unspecified atom stereocenters. The lowest BCUT2D eigenvalue weighted by molar-refractivity contribution is -0.324. The van der Waals surface area contributed by atoms with Crippen molar-refractivity contribution in [2.24, 2.45) is 0 Å². The molecule has 0 aromatic carbocycles. The lowest BCUT2D eigenvalue weighted by Crippen LogP contribution is -2.64. The highest BCUT2D eigenvalue weighted by molar-refractivity contribution is 9.47. The van der Waals surface area contributed by atoms with Crippen LogP contribution < -0.4 is 0 Å². The molecule has 0 spiro atoms. The molecule has 122 valence electrons. The number of alkyl halides is 8. The SMILES string of the molecule is O=S(=O)(Cl)C(F)(F)C(F)(F)C(F)(F)C(F)(F)S(=O)(=O)Br. The summed E-state index contributed by atoms with van der Waals surface area (Å²) in [4.78, 5) is 0. The van der Waals surface area contributed by atoms with Gasteiger partial charge in [0.2, 0.25) is 0 Å². The van der Waals surface area contributed by atoms with Crippen molar-refractivity contribution >= 4 is 42.8 Å². The Morgan fingerprint density at radius 1 is 0.700 bits per heavy atom. The Bertz CT molecular complexity index is 544. The van der Waals surface area contributed by atoms with Gasteiger partial charge >= 0.3 is 31.4 Å². The van der Waals surface area contributed by atoms with Crippen LogP contribution in [0, 0.1) is 0 Å². The second kappa shape index (κ2) is 4.81. The molecule has 20 heavy (non-hydrogen) atoms. The van der Waals surface area contributed by atoms with Crippen LogP contribution in [0.4, 0.5) is 35.1 Å². The van der Waals surface area contributed by atoms with Gasteiger partial charge in [-0.15, -0.1) is 0 Å². The number of halogens is 10. The Morgan fingerprint density at radius 2 is 0.950 bits per heavy atom. The second-order valence-corrected chi connectivity index (χ2v) is 9.61. The van der Waals surface area contributed by atoms with Gasteiger partial charge in [-0.2, -0.15) is 35.1 Å². The van der Waals surface area contributed by atoms with Gasteiger partial charge in [0, 0.05) is 10.7 Å². The average molecular weight is 444 g/mol. The summed E-state index contributed by atoms with van der Waals surface area (Å²) >= 11 is 0.927. The third-order valence-corrected chi connectivity index (χ3v) is 5.28. The Balaban J connectivity index is 6.37. The second-order valence-electron chi connectivity index (χ2n) is 3.06. The van der Waals surface area contributed by atoms with Crippen LogP contribution in [0.15, 0.2) is 0 Å². The van der Waals surface area contributed by atoms with E-state index in [1.807, 2.05) is 0 Å². The summed E-state index contributed by atoms with van der Waals surface area (Å²) in [5, 5.41) is -13.6. The van der Waals surface area contributed by atoms with Gasteiger partial charge in [-0.3, -0.25) is 0 Å². The molecule has 0 aliphatic heterocycles. The average Bonchev–Trinajstić information content (AvgIpc) is 2.12. The van der Waals surface area contributed by atoms with Crippen LogP contribution in [0.5, 0.6) is 0 Å². The summed E-state index contributed by atoms with van der Waals surface area (Å²) in [6.45, 7) is 0. The minimum absolute atomic E-state index is 0.927. The zero-order valence-corrected chi connectivity index (χ0v) is 12.2. The van der Waals surface area contributed by atoms with Gasteiger partial charge in [-0.1, -0.05) is 0 Å². The smallest absolute Gasteiger partial charge is 0.210 e. The van der Waals surface area contributed by atoms with Crippen molar-refractivity contribution in [3.05, 3.63) is 0 Å². The first-order valence-electron chi connectivity index (χ1n) is 3.65. The van der Waals surface area contributed by atoms with Crippen molar-refractivity contribution in [1.29, 1.82) is 0 Å². The van der Waals surface area contributed by atoms with Crippen molar-refractivity contribution in [3.63, 3.8) is 0 Å². The van der Waals surface area contributed by atoms with Gasteiger partial charge in [0.15, 0.2) is 0 Å². The minimum atomic E-state index is -7.33. The highest BCUT2D eigenvalue weighted by Gasteiger charge is 2.87. The molecule has 0 saturated carbocycles. The summed E-state index contributed by atoms with van der Waals surface area (Å²) in [6, 6.07) is 0. The van der Waals surface area contributed by atoms with Crippen molar-refractivity contribution in [2.75, 3.05) is 0 Å². The quantitative estimate of drug-likeness (QED) is 0.484. The molecule has 0 bridgehead atoms. The fourth-order valence-electron chi connectivity index (χ4n) is 0.672. The minimum Gasteiger partial charge on any atom is -0.210 e. The summed E-state index contributed by atoms with van der Waals surface area (Å²) in [6.07, 6.45) is 0. The zero-order chi connectivity index (χ0) is 17.0. The molecule has 0 aromatic heterocycles. The maximum Gasteiger partial charge on any atom is 0.427 e. The first-order chi connectivity index (χ1) is 8.25. The lowest BCUT2D eigenvalue weighted by atomic mass is 10.2. The molecule has 16 heteroatoms. The van der Waals surface area contributed by atoms with E-state index in [0.29, 0.717) is 0 Å². The van der Waals surface area contributed by atoms with Gasteiger partial charge in [-0.05, 0) is 0 Å². The molecule has 0 N–H and O–H groups in total. The highest BCUT2D eigenvalue weighted by Crippen LogP contribution is 2.57. The van der Waals surface area contributed by atoms with Gasteiger partial charge in [0.05, 0.1) is 14.8 Å². The Morgan fingerprint density at radius 3 is 1.15 bits per heavy atom. The maximum atomic E-state index is 12.8. The molecule has 0 aromatic rings. The number of rotatable bonds is 5. The van der Waals surface area contributed by atoms with E-state index in [9.17, 15) is 52.0 Å². The summed E-state index contributed by atoms with van der Waals surface area (Å²) in [7, 11) is -9.47. The molecule has 0 aliphatic rings. The predicted molar refractivity (Wildman–Crippen MR) is 52.4 cm³/mol. The van der Waals surface area contributed by atoms with Crippen LogP contribution >= 0.6 is 25.5 Å². The van der Waals surface area contributed by atoms with E-state index in [2.05, 4.69) is 10.7 Å². The Labute approximate surface area is 117 Å². The van der Waals surface area contributed by atoms with Crippen LogP contribution in [0.3, 0.4) is 0 Å². The molecular weight excluding hydrogens is 444 g/mol. The van der Waals surface area contributed by atoms with Gasteiger partial charge < -0.3 is 0 Å². The van der Waals surface area contributed by atoms with Gasteiger partial charge in [0.25, 0.3) is 8.27 Å². The molecule has 0 amide bonds. The van der Waals surface area contributed by atoms with E-state index in [1.54, 1.807) is 0 Å². The van der Waals surface area contributed by atoms with E-state index in [1.165, 1.54) is 0 Å². The molecule has 0 rings (SSSR count). The fraction of sp³-hybridized carbons (Fsp3) is 1.00. The highest BCUT2D eigenvalue weighted by atomic mass is 79.9. The van der Waals surface area contributed by atoms with E-state index in [0.717, 1.165) is 14.8 Å². The third-order valence-electron chi connectivity index (χ3n) is 1.74. The zero-order valence-electron chi connectivity index (χ0n) is 8.23. The lowest BCUT2D eigenvalue weighted by Gasteiger charge is -2.33. The normalized spacial score (nSPS) is 16.3. The van der Waals surface area contributed by atoms with Crippen LogP contribution in [0.2, 0.25) is 0 Å². The van der Waals surface area contributed by atoms with Crippen molar-refractivity contribution in [2.45, 2.75) is 22.4 Å². The number of hydrogen-bond donors (Lipinski definition) is 0. The number of hydrogen-bond acceptors (Lipinski definition) is 4. The van der Waals surface area contributed by atoms with Crippen LogP contribution in [-0.2, 0) is 17.3 Å². The van der Waals surface area contributed by atoms with Gasteiger partial charge in [-0.25, -0.2) is 16.8 Å². The topological polar surface area (TPSA) is 68.3 Å². The van der Waals surface area contributed by atoms with E-state index in [-0.39, 0.29) is 0 Å². The fourth-order valence-corrected chi connectivity index (χ4v) is 2.44. The molecular formula is C4BrClF8O4S2. The molecule has 0 atom stereocenters. The van der Waals surface area contributed by atoms with Crippen LogP contribution in [0.1, 0.15) is 0 Å². The standard InChI is InChI=1S/C4BrClF8O4S2/c5-19(15,16)3(11,12)1(7,8)2(9,10)4(13,14)20(6,17)18. The van der Waals surface area contributed by atoms with E-state index < -0.39 is 39.7 Å². The van der Waals surface area contributed by atoms with Crippen molar-refractivity contribution in [1.82, 2.24) is 0 Å². The van der Waals surface area contributed by atoms with Crippen molar-refractivity contribution < 1.29 is 52.0 Å². The summed E-state index contributed by atoms with van der Waals surface area (Å²) in [5.74, 6) is -14.6. The molecule has 4 nitrogen and oxygen atoms in total. The summed E-state index contributed by atoms with van der Waals surface area (Å²) in [5.41, 5.74) is 0. The molecule has 0 fully saturated rings. The first kappa shape index (κ1) is 20.1. The monoisotopic (exact) mass is 442 g/mol. The molecule has 0 aliphatic carbocycles. The summed E-state index contributed by atoms with van der Waals surface area (Å²) < 4.78 is 142. The maximum absolute atomic E-state index is 12.8. The molecule has 0 radical (unpaired) electrons. The van der Waals surface area contributed by atoms with Crippen LogP contribution in [-0.4, -0.2) is 39.2 Å². The van der Waals surface area contributed by atoms with E-state index >= 15 is 0 Å². The first-order valence-corrected chi connectivity index (χ1v) is 9.28. The third kappa shape index (κ3) is 2.61. The molecule has 0 saturated heterocycles. The Hall–Kier alpha value is 0.110. The van der Waals surface area contributed by atoms with Crippen LogP contribution in [0.25, 0.3) is 0 Å². The Kier molecular flexibility index (Phi) is 4.83. The molecule has 0 heterocycles. The van der Waals surface area contributed by atoms with Gasteiger partial charge in [0.1, 0.15) is 0 Å².